The lowest BCUT2D eigenvalue weighted by Crippen LogP contribution is -2.19. The molecule has 146 valence electrons. The molecular weight excluding hydrogens is 385 g/mol. The molecule has 9 heteroatoms. The summed E-state index contributed by atoms with van der Waals surface area (Å²) in [5, 5.41) is 6.26. The first-order valence-electron chi connectivity index (χ1n) is 8.49. The third kappa shape index (κ3) is 4.03. The zero-order chi connectivity index (χ0) is 20.4. The molecule has 0 aliphatic heterocycles. The van der Waals surface area contributed by atoms with Gasteiger partial charge < -0.3 is 14.4 Å². The second kappa shape index (κ2) is 7.63. The Bertz CT molecular complexity index is 1170. The molecule has 0 atom stereocenters. The molecule has 6 nitrogen and oxygen atoms in total. The van der Waals surface area contributed by atoms with Gasteiger partial charge in [-0.1, -0.05) is 5.16 Å². The molecule has 0 saturated carbocycles. The van der Waals surface area contributed by atoms with Crippen LogP contribution in [0.25, 0.3) is 23.0 Å². The van der Waals surface area contributed by atoms with Gasteiger partial charge in [-0.05, 0) is 48.5 Å². The van der Waals surface area contributed by atoms with Gasteiger partial charge in [-0.25, -0.2) is 13.2 Å². The number of aromatic nitrogens is 3. The fourth-order valence-corrected chi connectivity index (χ4v) is 2.73. The topological polar surface area (TPSA) is 73.0 Å². The highest BCUT2D eigenvalue weighted by atomic mass is 19.1. The molecule has 0 aliphatic carbocycles. The number of nitrogens with one attached hydrogen (secondary N) is 1. The fourth-order valence-electron chi connectivity index (χ4n) is 2.73. The molecule has 4 aromatic rings. The standard InChI is InChI=1S/C20H13F3N4O2/c21-13-5-3-12(4-6-13)19-25-20(29-26-19)17-2-1-9-27(17)11-18(28)24-16-8-7-14(22)10-15(16)23/h1-10H,11H2,(H,24,28). The summed E-state index contributed by atoms with van der Waals surface area (Å²) in [6.07, 6.45) is 1.62. The average Bonchev–Trinajstić information content (AvgIpc) is 3.34. The van der Waals surface area contributed by atoms with Crippen LogP contribution in [0.5, 0.6) is 0 Å². The second-order valence-corrected chi connectivity index (χ2v) is 6.12. The third-order valence-electron chi connectivity index (χ3n) is 4.10. The zero-order valence-electron chi connectivity index (χ0n) is 14.8. The summed E-state index contributed by atoms with van der Waals surface area (Å²) < 4.78 is 46.5. The van der Waals surface area contributed by atoms with E-state index in [1.807, 2.05) is 0 Å². The molecule has 2 heterocycles. The van der Waals surface area contributed by atoms with Crippen LogP contribution in [0, 0.1) is 17.5 Å². The summed E-state index contributed by atoms with van der Waals surface area (Å²) in [5.74, 6) is -2.07. The number of amides is 1. The number of halogens is 3. The van der Waals surface area contributed by atoms with Crippen LogP contribution in [-0.2, 0) is 11.3 Å². The van der Waals surface area contributed by atoms with Gasteiger partial charge in [-0.3, -0.25) is 4.79 Å². The smallest absolute Gasteiger partial charge is 0.274 e. The van der Waals surface area contributed by atoms with Gasteiger partial charge in [0.2, 0.25) is 11.7 Å². The lowest BCUT2D eigenvalue weighted by molar-refractivity contribution is -0.116. The molecular formula is C20H13F3N4O2. The molecule has 2 aromatic carbocycles. The molecule has 0 saturated heterocycles. The van der Waals surface area contributed by atoms with E-state index < -0.39 is 17.5 Å². The van der Waals surface area contributed by atoms with Crippen molar-refractivity contribution in [3.8, 4) is 23.0 Å². The molecule has 0 bridgehead atoms. The molecule has 0 aliphatic rings. The van der Waals surface area contributed by atoms with Crippen molar-refractivity contribution in [2.45, 2.75) is 6.54 Å². The highest BCUT2D eigenvalue weighted by molar-refractivity contribution is 5.91. The largest absolute Gasteiger partial charge is 0.334 e. The Labute approximate surface area is 162 Å². The Morgan fingerprint density at radius 2 is 1.79 bits per heavy atom. The van der Waals surface area contributed by atoms with Crippen LogP contribution in [0.3, 0.4) is 0 Å². The zero-order valence-corrected chi connectivity index (χ0v) is 14.8. The van der Waals surface area contributed by atoms with Crippen molar-refractivity contribution in [3.05, 3.63) is 78.2 Å². The minimum absolute atomic E-state index is 0.124. The normalized spacial score (nSPS) is 10.9. The number of carbonyl (C=O) groups is 1. The van der Waals surface area contributed by atoms with E-state index in [-0.39, 0.29) is 29.8 Å². The van der Waals surface area contributed by atoms with Crippen molar-refractivity contribution in [2.75, 3.05) is 5.32 Å². The average molecular weight is 398 g/mol. The van der Waals surface area contributed by atoms with Crippen molar-refractivity contribution >= 4 is 11.6 Å². The van der Waals surface area contributed by atoms with Gasteiger partial charge in [0.15, 0.2) is 0 Å². The first-order valence-corrected chi connectivity index (χ1v) is 8.49. The Hall–Kier alpha value is -3.88. The molecule has 0 fully saturated rings. The van der Waals surface area contributed by atoms with Crippen molar-refractivity contribution in [1.29, 1.82) is 0 Å². The quantitative estimate of drug-likeness (QED) is 0.545. The fraction of sp³-hybridized carbons (Fsp3) is 0.0500. The molecule has 0 spiro atoms. The number of nitrogens with zero attached hydrogens (tertiary/aromatic N) is 3. The van der Waals surface area contributed by atoms with E-state index in [1.54, 1.807) is 22.9 Å². The minimum atomic E-state index is -0.869. The van der Waals surface area contributed by atoms with Crippen LogP contribution in [0.2, 0.25) is 0 Å². The number of rotatable bonds is 5. The van der Waals surface area contributed by atoms with Crippen molar-refractivity contribution in [3.63, 3.8) is 0 Å². The van der Waals surface area contributed by atoms with Gasteiger partial charge >= 0.3 is 0 Å². The molecule has 2 aromatic heterocycles. The first-order chi connectivity index (χ1) is 14.0. The van der Waals surface area contributed by atoms with Gasteiger partial charge in [-0.15, -0.1) is 0 Å². The van der Waals surface area contributed by atoms with Gasteiger partial charge in [0, 0.05) is 17.8 Å². The van der Waals surface area contributed by atoms with E-state index in [1.165, 1.54) is 24.3 Å². The summed E-state index contributed by atoms with van der Waals surface area (Å²) in [4.78, 5) is 16.5. The summed E-state index contributed by atoms with van der Waals surface area (Å²) in [7, 11) is 0. The number of benzene rings is 2. The molecule has 1 amide bonds. The van der Waals surface area contributed by atoms with Gasteiger partial charge in [0.25, 0.3) is 5.89 Å². The van der Waals surface area contributed by atoms with Crippen molar-refractivity contribution < 1.29 is 22.5 Å². The maximum absolute atomic E-state index is 13.7. The van der Waals surface area contributed by atoms with E-state index in [4.69, 9.17) is 4.52 Å². The van der Waals surface area contributed by atoms with Crippen LogP contribution in [-0.4, -0.2) is 20.6 Å². The van der Waals surface area contributed by atoms with E-state index in [9.17, 15) is 18.0 Å². The van der Waals surface area contributed by atoms with Crippen LogP contribution >= 0.6 is 0 Å². The maximum Gasteiger partial charge on any atom is 0.274 e. The van der Waals surface area contributed by atoms with E-state index in [0.717, 1.165) is 12.1 Å². The van der Waals surface area contributed by atoms with Crippen LogP contribution in [0.1, 0.15) is 0 Å². The summed E-state index contributed by atoms with van der Waals surface area (Å²) in [6, 6.07) is 11.9. The van der Waals surface area contributed by atoms with Gasteiger partial charge in [0.1, 0.15) is 29.7 Å². The number of hydrogen-bond acceptors (Lipinski definition) is 4. The van der Waals surface area contributed by atoms with Gasteiger partial charge in [-0.2, -0.15) is 4.98 Å². The van der Waals surface area contributed by atoms with E-state index in [0.29, 0.717) is 17.3 Å². The Balaban J connectivity index is 1.51. The Morgan fingerprint density at radius 3 is 2.55 bits per heavy atom. The lowest BCUT2D eigenvalue weighted by atomic mass is 10.2. The monoisotopic (exact) mass is 398 g/mol. The molecule has 1 N–H and O–H groups in total. The van der Waals surface area contributed by atoms with E-state index in [2.05, 4.69) is 15.5 Å². The second-order valence-electron chi connectivity index (χ2n) is 6.12. The molecule has 0 unspecified atom stereocenters. The SMILES string of the molecule is O=C(Cn1cccc1-c1nc(-c2ccc(F)cc2)no1)Nc1ccc(F)cc1F. The number of hydrogen-bond donors (Lipinski definition) is 1. The van der Waals surface area contributed by atoms with Crippen molar-refractivity contribution in [2.24, 2.45) is 0 Å². The number of carbonyl (C=O) groups excluding carboxylic acids is 1. The molecule has 0 radical (unpaired) electrons. The predicted octanol–water partition coefficient (Wildman–Crippen LogP) is 4.26. The van der Waals surface area contributed by atoms with E-state index >= 15 is 0 Å². The highest BCUT2D eigenvalue weighted by Gasteiger charge is 2.16. The lowest BCUT2D eigenvalue weighted by Gasteiger charge is -2.09. The maximum atomic E-state index is 13.7. The van der Waals surface area contributed by atoms with Crippen LogP contribution < -0.4 is 5.32 Å². The third-order valence-corrected chi connectivity index (χ3v) is 4.10. The summed E-state index contributed by atoms with van der Waals surface area (Å²) in [5.41, 5.74) is 0.922. The minimum Gasteiger partial charge on any atom is -0.334 e. The first kappa shape index (κ1) is 18.5. The Morgan fingerprint density at radius 1 is 1.03 bits per heavy atom. The Kier molecular flexibility index (Phi) is 4.86. The number of anilines is 1. The molecule has 4 rings (SSSR count). The van der Waals surface area contributed by atoms with Crippen LogP contribution in [0.15, 0.2) is 65.3 Å². The van der Waals surface area contributed by atoms with Crippen molar-refractivity contribution in [1.82, 2.24) is 14.7 Å². The molecule has 29 heavy (non-hydrogen) atoms. The predicted molar refractivity (Wildman–Crippen MR) is 98.1 cm³/mol. The van der Waals surface area contributed by atoms with Gasteiger partial charge in [0.05, 0.1) is 5.69 Å². The summed E-state index contributed by atoms with van der Waals surface area (Å²) in [6.45, 7) is -0.159. The summed E-state index contributed by atoms with van der Waals surface area (Å²) >= 11 is 0. The van der Waals surface area contributed by atoms with Crippen LogP contribution in [0.4, 0.5) is 18.9 Å². The highest BCUT2D eigenvalue weighted by Crippen LogP contribution is 2.23.